The second-order valence-electron chi connectivity index (χ2n) is 4.89. The highest BCUT2D eigenvalue weighted by Gasteiger charge is 2.28. The minimum atomic E-state index is -0.158. The van der Waals surface area contributed by atoms with E-state index in [0.717, 1.165) is 18.7 Å². The normalized spacial score (nSPS) is 14.8. The third kappa shape index (κ3) is 1.87. The predicted molar refractivity (Wildman–Crippen MR) is 69.2 cm³/mol. The molecule has 0 amide bonds. The summed E-state index contributed by atoms with van der Waals surface area (Å²) in [6, 6.07) is 1.71. The lowest BCUT2D eigenvalue weighted by Crippen LogP contribution is -2.21. The SMILES string of the molecule is O=c1c2cnccc2ncn1Cc1nc(C2CC2)no1. The Bertz CT molecular complexity index is 834. The molecule has 7 heteroatoms. The van der Waals surface area contributed by atoms with Crippen molar-refractivity contribution in [1.82, 2.24) is 24.7 Å². The molecule has 0 unspecified atom stereocenters. The van der Waals surface area contributed by atoms with Crippen molar-refractivity contribution >= 4 is 10.9 Å². The Hall–Kier alpha value is -2.57. The Labute approximate surface area is 113 Å². The van der Waals surface area contributed by atoms with E-state index in [-0.39, 0.29) is 12.1 Å². The molecule has 7 nitrogen and oxygen atoms in total. The maximum atomic E-state index is 12.3. The Kier molecular flexibility index (Phi) is 2.38. The van der Waals surface area contributed by atoms with Crippen LogP contribution in [0.4, 0.5) is 0 Å². The largest absolute Gasteiger partial charge is 0.337 e. The van der Waals surface area contributed by atoms with Crippen molar-refractivity contribution in [3.63, 3.8) is 0 Å². The Morgan fingerprint density at radius 2 is 2.30 bits per heavy atom. The van der Waals surface area contributed by atoms with Crippen LogP contribution in [0, 0.1) is 0 Å². The van der Waals surface area contributed by atoms with Gasteiger partial charge in [-0.3, -0.25) is 14.3 Å². The van der Waals surface area contributed by atoms with Gasteiger partial charge >= 0.3 is 0 Å². The summed E-state index contributed by atoms with van der Waals surface area (Å²) in [7, 11) is 0. The van der Waals surface area contributed by atoms with Gasteiger partial charge in [-0.25, -0.2) is 4.98 Å². The van der Waals surface area contributed by atoms with E-state index in [1.54, 1.807) is 12.3 Å². The molecular formula is C13H11N5O2. The molecule has 1 fully saturated rings. The van der Waals surface area contributed by atoms with E-state index in [4.69, 9.17) is 4.52 Å². The molecule has 0 bridgehead atoms. The van der Waals surface area contributed by atoms with Crippen molar-refractivity contribution < 1.29 is 4.52 Å². The van der Waals surface area contributed by atoms with Crippen LogP contribution in [-0.4, -0.2) is 24.7 Å². The fraction of sp³-hybridized carbons (Fsp3) is 0.308. The summed E-state index contributed by atoms with van der Waals surface area (Å²) in [4.78, 5) is 24.8. The molecule has 1 aliphatic carbocycles. The molecule has 0 saturated heterocycles. The average molecular weight is 269 g/mol. The molecule has 0 aliphatic heterocycles. The lowest BCUT2D eigenvalue weighted by Gasteiger charge is -2.02. The average Bonchev–Trinajstić information content (AvgIpc) is 3.23. The number of fused-ring (bicyclic) bond motifs is 1. The number of hydrogen-bond donors (Lipinski definition) is 0. The first-order valence-corrected chi connectivity index (χ1v) is 6.43. The van der Waals surface area contributed by atoms with Crippen LogP contribution in [0.25, 0.3) is 10.9 Å². The van der Waals surface area contributed by atoms with Gasteiger partial charge in [0.05, 0.1) is 17.2 Å². The summed E-state index contributed by atoms with van der Waals surface area (Å²) in [6.07, 6.45) is 6.85. The first-order valence-electron chi connectivity index (χ1n) is 6.43. The molecule has 0 atom stereocenters. The van der Waals surface area contributed by atoms with Gasteiger partial charge in [-0.15, -0.1) is 0 Å². The third-order valence-electron chi connectivity index (χ3n) is 3.36. The summed E-state index contributed by atoms with van der Waals surface area (Å²) in [6.45, 7) is 0.233. The van der Waals surface area contributed by atoms with Crippen LogP contribution in [0.1, 0.15) is 30.5 Å². The lowest BCUT2D eigenvalue weighted by molar-refractivity contribution is 0.364. The Balaban J connectivity index is 1.70. The van der Waals surface area contributed by atoms with E-state index in [1.165, 1.54) is 17.1 Å². The molecule has 0 radical (unpaired) electrons. The smallest absolute Gasteiger partial charge is 0.263 e. The minimum absolute atomic E-state index is 0.158. The second-order valence-corrected chi connectivity index (χ2v) is 4.89. The fourth-order valence-corrected chi connectivity index (χ4v) is 2.10. The van der Waals surface area contributed by atoms with Crippen molar-refractivity contribution in [2.45, 2.75) is 25.3 Å². The zero-order valence-corrected chi connectivity index (χ0v) is 10.6. The van der Waals surface area contributed by atoms with E-state index in [1.807, 2.05) is 0 Å². The Morgan fingerprint density at radius 3 is 3.15 bits per heavy atom. The third-order valence-corrected chi connectivity index (χ3v) is 3.36. The van der Waals surface area contributed by atoms with Crippen LogP contribution in [0.5, 0.6) is 0 Å². The molecule has 0 N–H and O–H groups in total. The van der Waals surface area contributed by atoms with Crippen LogP contribution in [-0.2, 0) is 6.54 Å². The molecule has 0 aromatic carbocycles. The molecule has 4 rings (SSSR count). The second kappa shape index (κ2) is 4.22. The van der Waals surface area contributed by atoms with Crippen LogP contribution in [0.15, 0.2) is 34.1 Å². The van der Waals surface area contributed by atoms with Gasteiger partial charge in [0.15, 0.2) is 5.82 Å². The summed E-state index contributed by atoms with van der Waals surface area (Å²) in [5.74, 6) is 1.60. The van der Waals surface area contributed by atoms with Gasteiger partial charge in [-0.1, -0.05) is 5.16 Å². The first-order chi connectivity index (χ1) is 9.81. The molecule has 20 heavy (non-hydrogen) atoms. The van der Waals surface area contributed by atoms with E-state index >= 15 is 0 Å². The summed E-state index contributed by atoms with van der Waals surface area (Å²) in [5.41, 5.74) is 0.472. The van der Waals surface area contributed by atoms with Crippen molar-refractivity contribution in [3.05, 3.63) is 46.9 Å². The molecule has 1 aliphatic rings. The summed E-state index contributed by atoms with van der Waals surface area (Å²) >= 11 is 0. The predicted octanol–water partition coefficient (Wildman–Crippen LogP) is 1.10. The van der Waals surface area contributed by atoms with Gasteiger partial charge in [-0.05, 0) is 18.9 Å². The molecular weight excluding hydrogens is 258 g/mol. The fourth-order valence-electron chi connectivity index (χ4n) is 2.10. The molecule has 3 heterocycles. The van der Waals surface area contributed by atoms with Gasteiger partial charge in [0.25, 0.3) is 5.56 Å². The number of nitrogens with zero attached hydrogens (tertiary/aromatic N) is 5. The van der Waals surface area contributed by atoms with E-state index < -0.39 is 0 Å². The van der Waals surface area contributed by atoms with E-state index in [9.17, 15) is 4.79 Å². The van der Waals surface area contributed by atoms with Crippen molar-refractivity contribution in [2.24, 2.45) is 0 Å². The number of hydrogen-bond acceptors (Lipinski definition) is 6. The van der Waals surface area contributed by atoms with Crippen LogP contribution in [0.3, 0.4) is 0 Å². The maximum Gasteiger partial charge on any atom is 0.263 e. The van der Waals surface area contributed by atoms with Gasteiger partial charge in [-0.2, -0.15) is 4.98 Å². The number of aromatic nitrogens is 5. The highest BCUT2D eigenvalue weighted by Crippen LogP contribution is 2.38. The van der Waals surface area contributed by atoms with Crippen LogP contribution < -0.4 is 5.56 Å². The maximum absolute atomic E-state index is 12.3. The molecule has 3 aromatic rings. The number of rotatable bonds is 3. The molecule has 1 saturated carbocycles. The van der Waals surface area contributed by atoms with E-state index in [0.29, 0.717) is 22.7 Å². The van der Waals surface area contributed by atoms with Crippen LogP contribution in [0.2, 0.25) is 0 Å². The standard InChI is InChI=1S/C13H11N5O2/c19-13-9-5-14-4-3-10(9)15-7-18(13)6-11-16-12(17-20-11)8-1-2-8/h3-5,7-8H,1-2,6H2. The quantitative estimate of drug-likeness (QED) is 0.707. The van der Waals surface area contributed by atoms with Gasteiger partial charge < -0.3 is 4.52 Å². The van der Waals surface area contributed by atoms with Gasteiger partial charge in [0, 0.05) is 18.3 Å². The van der Waals surface area contributed by atoms with Crippen molar-refractivity contribution in [1.29, 1.82) is 0 Å². The van der Waals surface area contributed by atoms with Crippen LogP contribution >= 0.6 is 0 Å². The summed E-state index contributed by atoms with van der Waals surface area (Å²) in [5, 5.41) is 4.42. The molecule has 3 aromatic heterocycles. The number of pyridine rings is 1. The van der Waals surface area contributed by atoms with Gasteiger partial charge in [0.1, 0.15) is 6.54 Å². The zero-order chi connectivity index (χ0) is 13.5. The minimum Gasteiger partial charge on any atom is -0.337 e. The molecule has 100 valence electrons. The molecule has 0 spiro atoms. The van der Waals surface area contributed by atoms with Gasteiger partial charge in [0.2, 0.25) is 5.89 Å². The Morgan fingerprint density at radius 1 is 1.40 bits per heavy atom. The highest BCUT2D eigenvalue weighted by atomic mass is 16.5. The monoisotopic (exact) mass is 269 g/mol. The van der Waals surface area contributed by atoms with E-state index in [2.05, 4.69) is 20.1 Å². The lowest BCUT2D eigenvalue weighted by atomic mass is 10.3. The topological polar surface area (TPSA) is 86.7 Å². The highest BCUT2D eigenvalue weighted by molar-refractivity contribution is 5.75. The zero-order valence-electron chi connectivity index (χ0n) is 10.6. The summed E-state index contributed by atoms with van der Waals surface area (Å²) < 4.78 is 6.63. The van der Waals surface area contributed by atoms with Crippen molar-refractivity contribution in [3.8, 4) is 0 Å². The first kappa shape index (κ1) is 11.3. The van der Waals surface area contributed by atoms with Crippen molar-refractivity contribution in [2.75, 3.05) is 0 Å².